The van der Waals surface area contributed by atoms with E-state index in [0.717, 1.165) is 29.9 Å². The Morgan fingerprint density at radius 1 is 0.923 bits per heavy atom. The van der Waals surface area contributed by atoms with Crippen LogP contribution in [-0.4, -0.2) is 26.2 Å². The van der Waals surface area contributed by atoms with Gasteiger partial charge in [-0.15, -0.1) is 0 Å². The first-order chi connectivity index (χ1) is 12.6. The van der Waals surface area contributed by atoms with Crippen LogP contribution in [0, 0.1) is 5.92 Å². The molecule has 26 heavy (non-hydrogen) atoms. The minimum Gasteiger partial charge on any atom is -0.497 e. The van der Waals surface area contributed by atoms with Crippen molar-refractivity contribution in [2.75, 3.05) is 14.2 Å². The van der Waals surface area contributed by atoms with Crippen molar-refractivity contribution >= 4 is 5.91 Å². The average molecular weight is 355 g/mol. The first kappa shape index (κ1) is 18.1. The molecular formula is C21H25NO4. The van der Waals surface area contributed by atoms with Gasteiger partial charge in [0.05, 0.1) is 20.3 Å². The Bertz CT molecular complexity index is 723. The SMILES string of the molecule is COc1ccc(OC(C)C(=O)NC(c2ccc(OC)cc2)C2CC2)cc1. The lowest BCUT2D eigenvalue weighted by Crippen LogP contribution is -2.39. The van der Waals surface area contributed by atoms with Gasteiger partial charge in [-0.1, -0.05) is 12.1 Å². The quantitative estimate of drug-likeness (QED) is 0.784. The van der Waals surface area contributed by atoms with Crippen LogP contribution in [0.4, 0.5) is 0 Å². The van der Waals surface area contributed by atoms with Gasteiger partial charge in [0.15, 0.2) is 6.10 Å². The van der Waals surface area contributed by atoms with Crippen molar-refractivity contribution in [1.29, 1.82) is 0 Å². The molecule has 0 bridgehead atoms. The highest BCUT2D eigenvalue weighted by Crippen LogP contribution is 2.41. The third kappa shape index (κ3) is 4.48. The average Bonchev–Trinajstić information content (AvgIpc) is 3.51. The molecule has 0 aliphatic heterocycles. The fraction of sp³-hybridized carbons (Fsp3) is 0.381. The largest absolute Gasteiger partial charge is 0.497 e. The molecule has 0 spiro atoms. The molecule has 2 aromatic carbocycles. The summed E-state index contributed by atoms with van der Waals surface area (Å²) < 4.78 is 16.1. The number of carbonyl (C=O) groups is 1. The highest BCUT2D eigenvalue weighted by molar-refractivity contribution is 5.81. The van der Waals surface area contributed by atoms with E-state index < -0.39 is 6.10 Å². The highest BCUT2D eigenvalue weighted by Gasteiger charge is 2.34. The van der Waals surface area contributed by atoms with Crippen molar-refractivity contribution in [1.82, 2.24) is 5.32 Å². The van der Waals surface area contributed by atoms with Crippen molar-refractivity contribution in [2.24, 2.45) is 5.92 Å². The fourth-order valence-electron chi connectivity index (χ4n) is 2.90. The Morgan fingerprint density at radius 3 is 1.92 bits per heavy atom. The number of methoxy groups -OCH3 is 2. The third-order valence-electron chi connectivity index (χ3n) is 4.61. The predicted molar refractivity (Wildman–Crippen MR) is 99.7 cm³/mol. The Hall–Kier alpha value is -2.69. The number of carbonyl (C=O) groups excluding carboxylic acids is 1. The maximum absolute atomic E-state index is 12.6. The summed E-state index contributed by atoms with van der Waals surface area (Å²) in [6.45, 7) is 1.76. The zero-order chi connectivity index (χ0) is 18.5. The molecule has 138 valence electrons. The number of hydrogen-bond donors (Lipinski definition) is 1. The van der Waals surface area contributed by atoms with Gasteiger partial charge >= 0.3 is 0 Å². The molecule has 1 N–H and O–H groups in total. The maximum Gasteiger partial charge on any atom is 0.261 e. The molecule has 2 unspecified atom stereocenters. The Labute approximate surface area is 154 Å². The Kier molecular flexibility index (Phi) is 5.66. The fourth-order valence-corrected chi connectivity index (χ4v) is 2.90. The van der Waals surface area contributed by atoms with Crippen LogP contribution in [0.2, 0.25) is 0 Å². The van der Waals surface area contributed by atoms with Crippen LogP contribution in [0.25, 0.3) is 0 Å². The van der Waals surface area contributed by atoms with Crippen LogP contribution in [0.3, 0.4) is 0 Å². The van der Waals surface area contributed by atoms with Gasteiger partial charge < -0.3 is 19.5 Å². The molecule has 5 nitrogen and oxygen atoms in total. The number of benzene rings is 2. The summed E-state index contributed by atoms with van der Waals surface area (Å²) in [4.78, 5) is 12.6. The van der Waals surface area contributed by atoms with E-state index in [1.807, 2.05) is 36.4 Å². The zero-order valence-electron chi connectivity index (χ0n) is 15.4. The van der Waals surface area contributed by atoms with E-state index in [1.165, 1.54) is 0 Å². The topological polar surface area (TPSA) is 56.8 Å². The second-order valence-corrected chi connectivity index (χ2v) is 6.53. The van der Waals surface area contributed by atoms with E-state index in [4.69, 9.17) is 14.2 Å². The Morgan fingerprint density at radius 2 is 1.42 bits per heavy atom. The van der Waals surface area contributed by atoms with Gasteiger partial charge in [-0.2, -0.15) is 0 Å². The zero-order valence-corrected chi connectivity index (χ0v) is 15.4. The first-order valence-electron chi connectivity index (χ1n) is 8.85. The van der Waals surface area contributed by atoms with E-state index in [-0.39, 0.29) is 11.9 Å². The van der Waals surface area contributed by atoms with E-state index in [9.17, 15) is 4.79 Å². The van der Waals surface area contributed by atoms with Gasteiger partial charge in [0.2, 0.25) is 0 Å². The van der Waals surface area contributed by atoms with Crippen molar-refractivity contribution in [3.05, 3.63) is 54.1 Å². The van der Waals surface area contributed by atoms with Crippen molar-refractivity contribution in [2.45, 2.75) is 31.9 Å². The molecule has 1 saturated carbocycles. The Balaban J connectivity index is 1.63. The van der Waals surface area contributed by atoms with E-state index in [2.05, 4.69) is 5.32 Å². The molecule has 1 aliphatic carbocycles. The second-order valence-electron chi connectivity index (χ2n) is 6.53. The van der Waals surface area contributed by atoms with Crippen LogP contribution >= 0.6 is 0 Å². The number of rotatable bonds is 8. The smallest absolute Gasteiger partial charge is 0.261 e. The molecule has 2 aromatic rings. The van der Waals surface area contributed by atoms with Gasteiger partial charge in [-0.05, 0) is 67.6 Å². The molecule has 0 radical (unpaired) electrons. The molecule has 0 aromatic heterocycles. The van der Waals surface area contributed by atoms with E-state index in [0.29, 0.717) is 11.7 Å². The molecule has 1 amide bonds. The number of amides is 1. The summed E-state index contributed by atoms with van der Waals surface area (Å²) in [5.74, 6) is 2.57. The van der Waals surface area contributed by atoms with Gasteiger partial charge in [0.1, 0.15) is 17.2 Å². The lowest BCUT2D eigenvalue weighted by Gasteiger charge is -2.22. The van der Waals surface area contributed by atoms with E-state index >= 15 is 0 Å². The van der Waals surface area contributed by atoms with Crippen LogP contribution in [0.1, 0.15) is 31.4 Å². The third-order valence-corrected chi connectivity index (χ3v) is 4.61. The minimum absolute atomic E-state index is 0.00956. The van der Waals surface area contributed by atoms with Gasteiger partial charge in [-0.25, -0.2) is 0 Å². The maximum atomic E-state index is 12.6. The molecule has 0 saturated heterocycles. The number of hydrogen-bond acceptors (Lipinski definition) is 4. The van der Waals surface area contributed by atoms with Gasteiger partial charge in [-0.3, -0.25) is 4.79 Å². The molecule has 1 aliphatic rings. The van der Waals surface area contributed by atoms with Crippen LogP contribution in [0.5, 0.6) is 17.2 Å². The summed E-state index contributed by atoms with van der Waals surface area (Å²) in [6.07, 6.45) is 1.68. The van der Waals surface area contributed by atoms with Crippen LogP contribution in [-0.2, 0) is 4.79 Å². The minimum atomic E-state index is -0.581. The molecule has 0 heterocycles. The van der Waals surface area contributed by atoms with Crippen molar-refractivity contribution in [3.63, 3.8) is 0 Å². The van der Waals surface area contributed by atoms with Gasteiger partial charge in [0, 0.05) is 0 Å². The lowest BCUT2D eigenvalue weighted by atomic mass is 10.0. The monoisotopic (exact) mass is 355 g/mol. The highest BCUT2D eigenvalue weighted by atomic mass is 16.5. The second kappa shape index (κ2) is 8.13. The summed E-state index contributed by atoms with van der Waals surface area (Å²) in [7, 11) is 3.26. The van der Waals surface area contributed by atoms with Gasteiger partial charge in [0.25, 0.3) is 5.91 Å². The molecule has 3 rings (SSSR count). The predicted octanol–water partition coefficient (Wildman–Crippen LogP) is 3.74. The number of ether oxygens (including phenoxy) is 3. The molecular weight excluding hydrogens is 330 g/mol. The molecule has 5 heteroatoms. The first-order valence-corrected chi connectivity index (χ1v) is 8.85. The molecule has 2 atom stereocenters. The van der Waals surface area contributed by atoms with Crippen LogP contribution in [0.15, 0.2) is 48.5 Å². The standard InChI is InChI=1S/C21H25NO4/c1-14(26-19-12-10-18(25-3)11-13-19)21(23)22-20(15-4-5-15)16-6-8-17(24-2)9-7-16/h6-15,20H,4-5H2,1-3H3,(H,22,23). The summed E-state index contributed by atoms with van der Waals surface area (Å²) >= 11 is 0. The summed E-state index contributed by atoms with van der Waals surface area (Å²) in [5, 5.41) is 3.15. The molecule has 1 fully saturated rings. The van der Waals surface area contributed by atoms with E-state index in [1.54, 1.807) is 33.3 Å². The normalized spacial score (nSPS) is 15.7. The number of nitrogens with one attached hydrogen (secondary N) is 1. The summed E-state index contributed by atoms with van der Waals surface area (Å²) in [5.41, 5.74) is 1.10. The van der Waals surface area contributed by atoms with Crippen LogP contribution < -0.4 is 19.5 Å². The lowest BCUT2D eigenvalue weighted by molar-refractivity contribution is -0.128. The van der Waals surface area contributed by atoms with Crippen molar-refractivity contribution < 1.29 is 19.0 Å². The summed E-state index contributed by atoms with van der Waals surface area (Å²) in [6, 6.07) is 15.1. The van der Waals surface area contributed by atoms with Crippen molar-refractivity contribution in [3.8, 4) is 17.2 Å².